The maximum Gasteiger partial charge on any atom is 0.0542 e. The molecule has 1 aliphatic rings. The molecule has 14 heavy (non-hydrogen) atoms. The van der Waals surface area contributed by atoms with Gasteiger partial charge in [-0.3, -0.25) is 4.68 Å². The summed E-state index contributed by atoms with van der Waals surface area (Å²) in [6.45, 7) is 4.51. The molecule has 1 aliphatic carbocycles. The van der Waals surface area contributed by atoms with Crippen LogP contribution in [-0.4, -0.2) is 21.5 Å². The standard InChI is InChI=1S/C11H18N2O/c1-9(2)13-10(4-7-12-13)11(8-14)5-3-6-11/h4,7,9,14H,3,5-6,8H2,1-2H3. The van der Waals surface area contributed by atoms with Crippen LogP contribution in [0.2, 0.25) is 0 Å². The van der Waals surface area contributed by atoms with Gasteiger partial charge in [0.1, 0.15) is 0 Å². The lowest BCUT2D eigenvalue weighted by molar-refractivity contribution is 0.110. The number of hydrogen-bond acceptors (Lipinski definition) is 2. The van der Waals surface area contributed by atoms with E-state index in [1.54, 1.807) is 0 Å². The van der Waals surface area contributed by atoms with E-state index >= 15 is 0 Å². The van der Waals surface area contributed by atoms with Crippen LogP contribution in [-0.2, 0) is 5.41 Å². The molecule has 0 unspecified atom stereocenters. The Hall–Kier alpha value is -0.830. The van der Waals surface area contributed by atoms with Crippen molar-refractivity contribution in [3.05, 3.63) is 18.0 Å². The van der Waals surface area contributed by atoms with Gasteiger partial charge < -0.3 is 5.11 Å². The highest BCUT2D eigenvalue weighted by atomic mass is 16.3. The van der Waals surface area contributed by atoms with E-state index in [1.165, 1.54) is 12.1 Å². The molecule has 0 bridgehead atoms. The van der Waals surface area contributed by atoms with E-state index in [0.717, 1.165) is 12.8 Å². The predicted octanol–water partition coefficient (Wildman–Crippen LogP) is 1.88. The first-order valence-corrected chi connectivity index (χ1v) is 5.34. The smallest absolute Gasteiger partial charge is 0.0542 e. The summed E-state index contributed by atoms with van der Waals surface area (Å²) in [4.78, 5) is 0. The summed E-state index contributed by atoms with van der Waals surface area (Å²) in [5.74, 6) is 0. The minimum Gasteiger partial charge on any atom is -0.395 e. The van der Waals surface area contributed by atoms with Gasteiger partial charge in [-0.15, -0.1) is 0 Å². The number of aromatic nitrogens is 2. The van der Waals surface area contributed by atoms with Crippen molar-refractivity contribution in [1.29, 1.82) is 0 Å². The number of aliphatic hydroxyl groups excluding tert-OH is 1. The third-order valence-corrected chi connectivity index (χ3v) is 3.32. The van der Waals surface area contributed by atoms with Gasteiger partial charge in [-0.1, -0.05) is 6.42 Å². The van der Waals surface area contributed by atoms with Crippen molar-refractivity contribution in [2.45, 2.75) is 44.6 Å². The molecule has 1 aromatic rings. The molecule has 1 fully saturated rings. The lowest BCUT2D eigenvalue weighted by Gasteiger charge is -2.41. The first-order chi connectivity index (χ1) is 6.69. The van der Waals surface area contributed by atoms with E-state index in [-0.39, 0.29) is 12.0 Å². The molecule has 0 amide bonds. The molecule has 3 nitrogen and oxygen atoms in total. The van der Waals surface area contributed by atoms with Crippen LogP contribution in [0.3, 0.4) is 0 Å². The van der Waals surface area contributed by atoms with Gasteiger partial charge in [-0.25, -0.2) is 0 Å². The normalized spacial score (nSPS) is 19.7. The summed E-state index contributed by atoms with van der Waals surface area (Å²) in [5, 5.41) is 13.8. The van der Waals surface area contributed by atoms with E-state index in [4.69, 9.17) is 0 Å². The van der Waals surface area contributed by atoms with Gasteiger partial charge in [0.25, 0.3) is 0 Å². The molecule has 0 aliphatic heterocycles. The number of nitrogens with zero attached hydrogens (tertiary/aromatic N) is 2. The Morgan fingerprint density at radius 2 is 2.29 bits per heavy atom. The summed E-state index contributed by atoms with van der Waals surface area (Å²) >= 11 is 0. The average Bonchev–Trinajstić information content (AvgIpc) is 2.52. The van der Waals surface area contributed by atoms with Crippen LogP contribution in [0, 0.1) is 0 Å². The molecule has 0 radical (unpaired) electrons. The Kier molecular flexibility index (Phi) is 2.35. The fourth-order valence-electron chi connectivity index (χ4n) is 2.24. The van der Waals surface area contributed by atoms with E-state index in [9.17, 15) is 5.11 Å². The molecule has 0 spiro atoms. The molecule has 78 valence electrons. The summed E-state index contributed by atoms with van der Waals surface area (Å²) < 4.78 is 2.04. The van der Waals surface area contributed by atoms with Crippen LogP contribution in [0.1, 0.15) is 44.8 Å². The van der Waals surface area contributed by atoms with Crippen LogP contribution >= 0.6 is 0 Å². The Balaban J connectivity index is 2.35. The number of rotatable bonds is 3. The first kappa shape index (κ1) is 9.71. The Labute approximate surface area is 84.7 Å². The third-order valence-electron chi connectivity index (χ3n) is 3.32. The third kappa shape index (κ3) is 1.27. The fourth-order valence-corrected chi connectivity index (χ4v) is 2.24. The van der Waals surface area contributed by atoms with Gasteiger partial charge in [0, 0.05) is 23.3 Å². The highest BCUT2D eigenvalue weighted by Crippen LogP contribution is 2.43. The van der Waals surface area contributed by atoms with E-state index in [1.807, 2.05) is 10.9 Å². The van der Waals surface area contributed by atoms with Crippen molar-refractivity contribution in [3.8, 4) is 0 Å². The topological polar surface area (TPSA) is 38.0 Å². The lowest BCUT2D eigenvalue weighted by Crippen LogP contribution is -2.40. The van der Waals surface area contributed by atoms with Crippen molar-refractivity contribution in [3.63, 3.8) is 0 Å². The number of hydrogen-bond donors (Lipinski definition) is 1. The summed E-state index contributed by atoms with van der Waals surface area (Å²) in [5.41, 5.74) is 1.22. The van der Waals surface area contributed by atoms with Crippen molar-refractivity contribution in [2.75, 3.05) is 6.61 Å². The highest BCUT2D eigenvalue weighted by molar-refractivity contribution is 5.20. The lowest BCUT2D eigenvalue weighted by atomic mass is 9.67. The monoisotopic (exact) mass is 194 g/mol. The first-order valence-electron chi connectivity index (χ1n) is 5.34. The molecule has 2 rings (SSSR count). The molecule has 0 saturated heterocycles. The average molecular weight is 194 g/mol. The Morgan fingerprint density at radius 3 is 2.71 bits per heavy atom. The molecule has 0 aromatic carbocycles. The second-order valence-electron chi connectivity index (χ2n) is 4.55. The maximum absolute atomic E-state index is 9.47. The van der Waals surface area contributed by atoms with Gasteiger partial charge in [0.15, 0.2) is 0 Å². The van der Waals surface area contributed by atoms with Crippen LogP contribution in [0.4, 0.5) is 0 Å². The summed E-state index contributed by atoms with van der Waals surface area (Å²) in [6, 6.07) is 2.43. The SMILES string of the molecule is CC(C)n1nccc1C1(CO)CCC1. The molecule has 0 atom stereocenters. The van der Waals surface area contributed by atoms with Crippen LogP contribution in [0.15, 0.2) is 12.3 Å². The van der Waals surface area contributed by atoms with Crippen molar-refractivity contribution in [1.82, 2.24) is 9.78 Å². The maximum atomic E-state index is 9.47. The van der Waals surface area contributed by atoms with Crippen molar-refractivity contribution >= 4 is 0 Å². The van der Waals surface area contributed by atoms with Gasteiger partial charge in [-0.05, 0) is 32.8 Å². The van der Waals surface area contributed by atoms with E-state index < -0.39 is 0 Å². The van der Waals surface area contributed by atoms with Crippen LogP contribution in [0.25, 0.3) is 0 Å². The zero-order valence-corrected chi connectivity index (χ0v) is 8.90. The predicted molar refractivity (Wildman–Crippen MR) is 55.2 cm³/mol. The van der Waals surface area contributed by atoms with E-state index in [2.05, 4.69) is 25.0 Å². The second-order valence-corrected chi connectivity index (χ2v) is 4.55. The minimum atomic E-state index is 0.0147. The van der Waals surface area contributed by atoms with E-state index in [0.29, 0.717) is 6.04 Å². The van der Waals surface area contributed by atoms with Crippen LogP contribution in [0.5, 0.6) is 0 Å². The van der Waals surface area contributed by atoms with Crippen LogP contribution < -0.4 is 0 Å². The molecular weight excluding hydrogens is 176 g/mol. The second kappa shape index (κ2) is 3.39. The Morgan fingerprint density at radius 1 is 1.57 bits per heavy atom. The summed E-state index contributed by atoms with van der Waals surface area (Å²) in [7, 11) is 0. The van der Waals surface area contributed by atoms with Gasteiger partial charge in [-0.2, -0.15) is 5.10 Å². The highest BCUT2D eigenvalue weighted by Gasteiger charge is 2.40. The quantitative estimate of drug-likeness (QED) is 0.797. The molecule has 1 N–H and O–H groups in total. The molecular formula is C11H18N2O. The molecule has 1 heterocycles. The van der Waals surface area contributed by atoms with Gasteiger partial charge >= 0.3 is 0 Å². The summed E-state index contributed by atoms with van der Waals surface area (Å²) in [6.07, 6.45) is 5.26. The minimum absolute atomic E-state index is 0.0147. The largest absolute Gasteiger partial charge is 0.395 e. The molecule has 1 aromatic heterocycles. The molecule has 1 saturated carbocycles. The fraction of sp³-hybridized carbons (Fsp3) is 0.727. The molecule has 3 heteroatoms. The zero-order chi connectivity index (χ0) is 10.2. The van der Waals surface area contributed by atoms with Crippen molar-refractivity contribution < 1.29 is 5.11 Å². The van der Waals surface area contributed by atoms with Gasteiger partial charge in [0.2, 0.25) is 0 Å². The van der Waals surface area contributed by atoms with Crippen molar-refractivity contribution in [2.24, 2.45) is 0 Å². The zero-order valence-electron chi connectivity index (χ0n) is 8.90. The Bertz CT molecular complexity index is 307. The van der Waals surface area contributed by atoms with Gasteiger partial charge in [0.05, 0.1) is 6.61 Å². The number of aliphatic hydroxyl groups is 1.